The summed E-state index contributed by atoms with van der Waals surface area (Å²) < 4.78 is 5.38. The molecule has 0 saturated carbocycles. The van der Waals surface area contributed by atoms with Crippen LogP contribution in [0.25, 0.3) is 10.8 Å². The SMILES string of the molecule is c1ccccc2c3c(ccc2ccc1)OC3. The fourth-order valence-electron chi connectivity index (χ4n) is 1.93. The minimum Gasteiger partial charge on any atom is -0.488 e. The quantitative estimate of drug-likeness (QED) is 0.638. The highest BCUT2D eigenvalue weighted by Gasteiger charge is 2.16. The van der Waals surface area contributed by atoms with Crippen LogP contribution in [0, 0.1) is 0 Å². The van der Waals surface area contributed by atoms with Gasteiger partial charge in [-0.1, -0.05) is 54.6 Å². The van der Waals surface area contributed by atoms with Crippen molar-refractivity contribution in [1.82, 2.24) is 0 Å². The van der Waals surface area contributed by atoms with Crippen molar-refractivity contribution < 1.29 is 4.74 Å². The molecule has 0 fully saturated rings. The molecule has 0 spiro atoms. The second kappa shape index (κ2) is 3.86. The lowest BCUT2D eigenvalue weighted by molar-refractivity contribution is 0.246. The molecule has 78 valence electrons. The summed E-state index contributed by atoms with van der Waals surface area (Å²) in [6.07, 6.45) is 0. The zero-order chi connectivity index (χ0) is 10.8. The van der Waals surface area contributed by atoms with Gasteiger partial charge in [-0.15, -0.1) is 0 Å². The van der Waals surface area contributed by atoms with E-state index < -0.39 is 0 Å². The van der Waals surface area contributed by atoms with E-state index in [4.69, 9.17) is 4.74 Å². The highest BCUT2D eigenvalue weighted by atomic mass is 16.5. The Kier molecular flexibility index (Phi) is 2.22. The maximum atomic E-state index is 5.38. The van der Waals surface area contributed by atoms with Crippen molar-refractivity contribution in [2.75, 3.05) is 0 Å². The minimum atomic E-state index is 0.732. The maximum Gasteiger partial charge on any atom is 0.127 e. The Labute approximate surface area is 94.6 Å². The van der Waals surface area contributed by atoms with E-state index in [1.54, 1.807) is 0 Å². The van der Waals surface area contributed by atoms with Crippen molar-refractivity contribution in [1.29, 1.82) is 0 Å². The average Bonchev–Trinajstić information content (AvgIpc) is 2.26. The van der Waals surface area contributed by atoms with Gasteiger partial charge in [0.15, 0.2) is 0 Å². The second-order valence-corrected chi connectivity index (χ2v) is 3.82. The van der Waals surface area contributed by atoms with Crippen LogP contribution in [0.3, 0.4) is 0 Å². The Hall–Kier alpha value is -2.02. The lowest BCUT2D eigenvalue weighted by Gasteiger charge is -2.21. The molecule has 1 aliphatic rings. The molecule has 0 aliphatic carbocycles. The standard InChI is InChI=1S/C15H12O/c1-2-4-6-8-13-12(7-5-3-1)9-10-15-14(13)11-16-15/h1-10H,11H2. The largest absolute Gasteiger partial charge is 0.488 e. The third-order valence-corrected chi connectivity index (χ3v) is 2.81. The topological polar surface area (TPSA) is 9.23 Å². The molecule has 0 N–H and O–H groups in total. The maximum absolute atomic E-state index is 5.38. The van der Waals surface area contributed by atoms with Crippen LogP contribution >= 0.6 is 0 Å². The van der Waals surface area contributed by atoms with Gasteiger partial charge >= 0.3 is 0 Å². The van der Waals surface area contributed by atoms with Crippen molar-refractivity contribution in [3.8, 4) is 5.75 Å². The molecule has 1 heteroatoms. The van der Waals surface area contributed by atoms with Gasteiger partial charge in [-0.3, -0.25) is 0 Å². The summed E-state index contributed by atoms with van der Waals surface area (Å²) in [5, 5.41) is 2.53. The summed E-state index contributed by atoms with van der Waals surface area (Å²) in [4.78, 5) is 0. The van der Waals surface area contributed by atoms with E-state index in [0.29, 0.717) is 0 Å². The molecule has 0 atom stereocenters. The molecular formula is C15H12O. The van der Waals surface area contributed by atoms with Gasteiger partial charge in [-0.25, -0.2) is 0 Å². The van der Waals surface area contributed by atoms with Crippen LogP contribution < -0.4 is 4.74 Å². The number of benzene rings is 1. The molecule has 1 nitrogen and oxygen atoms in total. The van der Waals surface area contributed by atoms with Crippen LogP contribution in [0.1, 0.15) is 5.56 Å². The number of hydrogen-bond acceptors (Lipinski definition) is 1. The average molecular weight is 208 g/mol. The fourth-order valence-corrected chi connectivity index (χ4v) is 1.93. The van der Waals surface area contributed by atoms with Gasteiger partial charge in [-0.05, 0) is 16.8 Å². The molecule has 0 bridgehead atoms. The summed E-state index contributed by atoms with van der Waals surface area (Å²) in [5.41, 5.74) is 1.32. The third kappa shape index (κ3) is 1.50. The second-order valence-electron chi connectivity index (χ2n) is 3.82. The van der Waals surface area contributed by atoms with Crippen LogP contribution in [-0.4, -0.2) is 0 Å². The zero-order valence-corrected chi connectivity index (χ0v) is 8.89. The summed E-state index contributed by atoms with van der Waals surface area (Å²) in [7, 11) is 0. The van der Waals surface area contributed by atoms with Gasteiger partial charge in [0.2, 0.25) is 0 Å². The number of fused-ring (bicyclic) bond motifs is 3. The molecule has 3 rings (SSSR count). The van der Waals surface area contributed by atoms with E-state index in [-0.39, 0.29) is 0 Å². The molecule has 0 saturated heterocycles. The van der Waals surface area contributed by atoms with Gasteiger partial charge in [0.1, 0.15) is 12.4 Å². The predicted molar refractivity (Wildman–Crippen MR) is 65.9 cm³/mol. The molecule has 1 aliphatic heterocycles. The Morgan fingerprint density at radius 2 is 1.50 bits per heavy atom. The highest BCUT2D eigenvalue weighted by Crippen LogP contribution is 2.34. The summed E-state index contributed by atoms with van der Waals surface area (Å²) in [6.45, 7) is 0.732. The van der Waals surface area contributed by atoms with Crippen molar-refractivity contribution >= 4 is 10.8 Å². The Bertz CT molecular complexity index is 586. The van der Waals surface area contributed by atoms with E-state index in [1.807, 2.05) is 30.3 Å². The van der Waals surface area contributed by atoms with Gasteiger partial charge in [0.25, 0.3) is 0 Å². The van der Waals surface area contributed by atoms with E-state index in [0.717, 1.165) is 12.4 Å². The first-order chi connectivity index (χ1) is 7.95. The first kappa shape index (κ1) is 9.22. The van der Waals surface area contributed by atoms with E-state index in [1.165, 1.54) is 16.3 Å². The Balaban J connectivity index is 2.37. The van der Waals surface area contributed by atoms with E-state index in [9.17, 15) is 0 Å². The van der Waals surface area contributed by atoms with Crippen LogP contribution in [0.15, 0.2) is 60.7 Å². The van der Waals surface area contributed by atoms with Gasteiger partial charge in [0, 0.05) is 5.56 Å². The summed E-state index contributed by atoms with van der Waals surface area (Å²) in [5.74, 6) is 1.02. The van der Waals surface area contributed by atoms with Crippen LogP contribution in [0.2, 0.25) is 0 Å². The molecule has 0 amide bonds. The fraction of sp³-hybridized carbons (Fsp3) is 0.0667. The van der Waals surface area contributed by atoms with Crippen molar-refractivity contribution in [2.45, 2.75) is 6.61 Å². The first-order valence-electron chi connectivity index (χ1n) is 5.42. The Morgan fingerprint density at radius 1 is 0.750 bits per heavy atom. The number of hydrogen-bond donors (Lipinski definition) is 0. The van der Waals surface area contributed by atoms with Gasteiger partial charge < -0.3 is 4.74 Å². The zero-order valence-electron chi connectivity index (χ0n) is 8.89. The summed E-state index contributed by atoms with van der Waals surface area (Å²) in [6, 6.07) is 20.7. The van der Waals surface area contributed by atoms with Crippen LogP contribution in [0.5, 0.6) is 5.75 Å². The molecule has 16 heavy (non-hydrogen) atoms. The lowest BCUT2D eigenvalue weighted by atomic mass is 10.0. The van der Waals surface area contributed by atoms with E-state index in [2.05, 4.69) is 30.3 Å². The normalized spacial score (nSPS) is 12.0. The highest BCUT2D eigenvalue weighted by molar-refractivity contribution is 5.87. The van der Waals surface area contributed by atoms with Crippen molar-refractivity contribution in [2.24, 2.45) is 0 Å². The van der Waals surface area contributed by atoms with Gasteiger partial charge in [0.05, 0.1) is 0 Å². The van der Waals surface area contributed by atoms with E-state index >= 15 is 0 Å². The molecule has 2 aromatic carbocycles. The molecule has 0 unspecified atom stereocenters. The smallest absolute Gasteiger partial charge is 0.127 e. The molecule has 0 radical (unpaired) electrons. The third-order valence-electron chi connectivity index (χ3n) is 2.81. The first-order valence-corrected chi connectivity index (χ1v) is 5.42. The van der Waals surface area contributed by atoms with Crippen molar-refractivity contribution in [3.63, 3.8) is 0 Å². The molecule has 1 heterocycles. The minimum absolute atomic E-state index is 0.732. The lowest BCUT2D eigenvalue weighted by Crippen LogP contribution is -2.09. The molecular weight excluding hydrogens is 196 g/mol. The van der Waals surface area contributed by atoms with Crippen molar-refractivity contribution in [3.05, 3.63) is 66.2 Å². The van der Waals surface area contributed by atoms with Crippen LogP contribution in [-0.2, 0) is 6.61 Å². The number of ether oxygens (including phenoxy) is 1. The molecule has 2 aromatic rings. The monoisotopic (exact) mass is 208 g/mol. The van der Waals surface area contributed by atoms with Gasteiger partial charge in [-0.2, -0.15) is 0 Å². The molecule has 0 aromatic heterocycles. The summed E-state index contributed by atoms with van der Waals surface area (Å²) >= 11 is 0. The van der Waals surface area contributed by atoms with Crippen LogP contribution in [0.4, 0.5) is 0 Å². The number of rotatable bonds is 0. The predicted octanol–water partition coefficient (Wildman–Crippen LogP) is 3.86. The Morgan fingerprint density at radius 3 is 2.25 bits per heavy atom.